The molecule has 0 aliphatic heterocycles. The molecule has 0 bridgehead atoms. The first-order valence-corrected chi connectivity index (χ1v) is 12.0. The average molecular weight is 471 g/mol. The lowest BCUT2D eigenvalue weighted by atomic mass is 10.2. The summed E-state index contributed by atoms with van der Waals surface area (Å²) < 4.78 is 12.9. The van der Waals surface area contributed by atoms with Gasteiger partial charge in [0, 0.05) is 25.4 Å². The Balaban J connectivity index is 1.67. The predicted molar refractivity (Wildman–Crippen MR) is 125 cm³/mol. The fourth-order valence-corrected chi connectivity index (χ4v) is 4.86. The molecule has 1 heterocycles. The third kappa shape index (κ3) is 5.49. The number of aromatic nitrogens is 2. The number of hydrogen-bond donors (Lipinski definition) is 0. The molecule has 0 fully saturated rings. The van der Waals surface area contributed by atoms with E-state index >= 15 is 0 Å². The van der Waals surface area contributed by atoms with Crippen LogP contribution < -0.4 is 0 Å². The van der Waals surface area contributed by atoms with E-state index in [2.05, 4.69) is 4.98 Å². The molecule has 0 aliphatic rings. The molecule has 1 atom stereocenters. The Kier molecular flexibility index (Phi) is 6.85. The minimum absolute atomic E-state index is 0.290. The zero-order valence-electron chi connectivity index (χ0n) is 15.7. The van der Waals surface area contributed by atoms with Crippen molar-refractivity contribution in [3.63, 3.8) is 0 Å². The number of benzene rings is 3. The Bertz CT molecular complexity index is 1170. The quantitative estimate of drug-likeness (QED) is 0.287. The molecular formula is C23H16Cl2N2OS2. The molecule has 0 spiro atoms. The minimum atomic E-state index is -1.24. The van der Waals surface area contributed by atoms with Gasteiger partial charge in [-0.15, -0.1) is 0 Å². The van der Waals surface area contributed by atoms with E-state index in [0.717, 1.165) is 15.5 Å². The van der Waals surface area contributed by atoms with E-state index in [1.165, 1.54) is 11.8 Å². The summed E-state index contributed by atoms with van der Waals surface area (Å²) in [5.74, 6) is 0.899. The summed E-state index contributed by atoms with van der Waals surface area (Å²) in [5.41, 5.74) is 1.63. The van der Waals surface area contributed by atoms with Gasteiger partial charge >= 0.3 is 0 Å². The van der Waals surface area contributed by atoms with Crippen molar-refractivity contribution in [1.29, 1.82) is 0 Å². The van der Waals surface area contributed by atoms with Crippen LogP contribution in [0.15, 0.2) is 99.7 Å². The van der Waals surface area contributed by atoms with Crippen LogP contribution in [0.4, 0.5) is 0 Å². The molecule has 0 saturated heterocycles. The molecule has 0 saturated carbocycles. The monoisotopic (exact) mass is 470 g/mol. The Morgan fingerprint density at radius 1 is 0.800 bits per heavy atom. The van der Waals surface area contributed by atoms with Crippen LogP contribution in [0.5, 0.6) is 0 Å². The van der Waals surface area contributed by atoms with E-state index in [0.29, 0.717) is 26.5 Å². The van der Waals surface area contributed by atoms with Crippen LogP contribution >= 0.6 is 35.0 Å². The maximum absolute atomic E-state index is 12.9. The van der Waals surface area contributed by atoms with Gasteiger partial charge in [0.15, 0.2) is 5.82 Å². The van der Waals surface area contributed by atoms with Crippen molar-refractivity contribution in [3.05, 3.63) is 101 Å². The van der Waals surface area contributed by atoms with Crippen LogP contribution in [0.25, 0.3) is 11.4 Å². The van der Waals surface area contributed by atoms with Crippen molar-refractivity contribution in [2.45, 2.75) is 20.6 Å². The first kappa shape index (κ1) is 21.1. The highest BCUT2D eigenvalue weighted by Gasteiger charge is 2.12. The van der Waals surface area contributed by atoms with Crippen molar-refractivity contribution < 1.29 is 4.21 Å². The number of nitrogens with zero attached hydrogens (tertiary/aromatic N) is 2. The third-order valence-electron chi connectivity index (χ3n) is 4.18. The molecule has 150 valence electrons. The highest BCUT2D eigenvalue weighted by Crippen LogP contribution is 2.30. The van der Waals surface area contributed by atoms with Crippen molar-refractivity contribution in [2.75, 3.05) is 0 Å². The topological polar surface area (TPSA) is 42.9 Å². The zero-order chi connectivity index (χ0) is 20.9. The average Bonchev–Trinajstić information content (AvgIpc) is 2.76. The first-order valence-electron chi connectivity index (χ1n) is 9.07. The van der Waals surface area contributed by atoms with Gasteiger partial charge in [0.05, 0.1) is 22.2 Å². The predicted octanol–water partition coefficient (Wildman–Crippen LogP) is 6.91. The fourth-order valence-electron chi connectivity index (χ4n) is 2.74. The Hall–Kier alpha value is -2.18. The van der Waals surface area contributed by atoms with Gasteiger partial charge in [-0.2, -0.15) is 0 Å². The Labute approximate surface area is 192 Å². The van der Waals surface area contributed by atoms with Gasteiger partial charge in [0.1, 0.15) is 5.03 Å². The molecule has 0 radical (unpaired) electrons. The number of hydrogen-bond acceptors (Lipinski definition) is 4. The van der Waals surface area contributed by atoms with E-state index in [-0.39, 0.29) is 5.75 Å². The fraction of sp³-hybridized carbons (Fsp3) is 0.0435. The van der Waals surface area contributed by atoms with Crippen molar-refractivity contribution in [3.8, 4) is 11.4 Å². The van der Waals surface area contributed by atoms with E-state index < -0.39 is 10.8 Å². The maximum atomic E-state index is 12.9. The molecule has 0 N–H and O–H groups in total. The second-order valence-electron chi connectivity index (χ2n) is 6.39. The smallest absolute Gasteiger partial charge is 0.160 e. The largest absolute Gasteiger partial charge is 0.254 e. The van der Waals surface area contributed by atoms with Crippen LogP contribution in [-0.2, 0) is 16.6 Å². The molecule has 7 heteroatoms. The Morgan fingerprint density at radius 3 is 2.10 bits per heavy atom. The van der Waals surface area contributed by atoms with Gasteiger partial charge in [0.2, 0.25) is 0 Å². The van der Waals surface area contributed by atoms with Crippen molar-refractivity contribution >= 4 is 45.8 Å². The molecule has 4 aromatic rings. The number of rotatable bonds is 6. The summed E-state index contributed by atoms with van der Waals surface area (Å²) in [7, 11) is -1.24. The van der Waals surface area contributed by atoms with Crippen LogP contribution in [0, 0.1) is 0 Å². The van der Waals surface area contributed by atoms with Gasteiger partial charge in [-0.1, -0.05) is 65.3 Å². The summed E-state index contributed by atoms with van der Waals surface area (Å²) in [4.78, 5) is 11.1. The van der Waals surface area contributed by atoms with Crippen LogP contribution in [0.3, 0.4) is 0 Å². The molecule has 0 aliphatic carbocycles. The van der Waals surface area contributed by atoms with Crippen LogP contribution in [0.1, 0.15) is 5.69 Å². The van der Waals surface area contributed by atoms with E-state index in [1.807, 2.05) is 60.7 Å². The summed E-state index contributed by atoms with van der Waals surface area (Å²) >= 11 is 13.5. The molecular weight excluding hydrogens is 455 g/mol. The second kappa shape index (κ2) is 9.75. The van der Waals surface area contributed by atoms with E-state index in [4.69, 9.17) is 28.2 Å². The van der Waals surface area contributed by atoms with Crippen molar-refractivity contribution in [2.24, 2.45) is 0 Å². The lowest BCUT2D eigenvalue weighted by Crippen LogP contribution is -2.02. The minimum Gasteiger partial charge on any atom is -0.254 e. The van der Waals surface area contributed by atoms with Gasteiger partial charge in [-0.3, -0.25) is 4.21 Å². The van der Waals surface area contributed by atoms with Gasteiger partial charge in [-0.25, -0.2) is 9.97 Å². The Morgan fingerprint density at radius 2 is 1.43 bits per heavy atom. The lowest BCUT2D eigenvalue weighted by molar-refractivity contribution is 0.682. The molecule has 3 nitrogen and oxygen atoms in total. The van der Waals surface area contributed by atoms with Crippen LogP contribution in [0.2, 0.25) is 10.0 Å². The van der Waals surface area contributed by atoms with Crippen LogP contribution in [-0.4, -0.2) is 14.2 Å². The summed E-state index contributed by atoms with van der Waals surface area (Å²) in [6.07, 6.45) is 0. The number of halogens is 2. The summed E-state index contributed by atoms with van der Waals surface area (Å²) in [6.45, 7) is 0. The summed E-state index contributed by atoms with van der Waals surface area (Å²) in [6, 6.07) is 26.3. The maximum Gasteiger partial charge on any atom is 0.160 e. The van der Waals surface area contributed by atoms with Gasteiger partial charge in [-0.05, 0) is 54.6 Å². The highest BCUT2D eigenvalue weighted by atomic mass is 35.5. The SMILES string of the molecule is O=[S@@](Cc1cc(Sc2ccc(Cl)cc2)nc(-c2ccccc2)n1)c1ccc(Cl)cc1. The van der Waals surface area contributed by atoms with Crippen molar-refractivity contribution in [1.82, 2.24) is 9.97 Å². The molecule has 0 unspecified atom stereocenters. The van der Waals surface area contributed by atoms with E-state index in [9.17, 15) is 4.21 Å². The highest BCUT2D eigenvalue weighted by molar-refractivity contribution is 7.99. The lowest BCUT2D eigenvalue weighted by Gasteiger charge is -2.09. The zero-order valence-corrected chi connectivity index (χ0v) is 18.8. The molecule has 4 rings (SSSR count). The molecule has 30 heavy (non-hydrogen) atoms. The summed E-state index contributed by atoms with van der Waals surface area (Å²) in [5, 5.41) is 2.09. The third-order valence-corrected chi connectivity index (χ3v) is 6.97. The second-order valence-corrected chi connectivity index (χ2v) is 9.80. The van der Waals surface area contributed by atoms with Gasteiger partial charge in [0.25, 0.3) is 0 Å². The first-order chi connectivity index (χ1) is 14.6. The molecule has 1 aromatic heterocycles. The molecule has 0 amide bonds. The molecule has 3 aromatic carbocycles. The normalized spacial score (nSPS) is 11.9. The van der Waals surface area contributed by atoms with Gasteiger partial charge < -0.3 is 0 Å². The standard InChI is InChI=1S/C23H16Cl2N2OS2/c24-17-6-10-20(11-7-17)29-22-14-19(15-30(28)21-12-8-18(25)9-13-21)26-23(27-22)16-4-2-1-3-5-16/h1-14H,15H2/t30-/m0/s1. The van der Waals surface area contributed by atoms with E-state index in [1.54, 1.807) is 24.3 Å².